The molecule has 0 aliphatic carbocycles. The molecule has 0 heterocycles. The molecule has 0 rings (SSSR count). The molecular formula is CH11AlFeMnSi. The molecule has 0 N–H and O–H groups in total. The summed E-state index contributed by atoms with van der Waals surface area (Å²) in [6, 6.07) is 0. The zero-order valence-electron chi connectivity index (χ0n) is 0.732. The van der Waals surface area contributed by atoms with Crippen molar-refractivity contribution in [2.75, 3.05) is 0 Å². The normalized spacial score (nSPS) is 0. The molecule has 5 heavy (non-hydrogen) atoms. The van der Waals surface area contributed by atoms with Gasteiger partial charge < -0.3 is 0 Å². The number of hydrogen-bond acceptors (Lipinski definition) is 0. The zero-order valence-corrected chi connectivity index (χ0v) is 3.02. The van der Waals surface area contributed by atoms with Crippen LogP contribution in [0.2, 0.25) is 0 Å². The Morgan fingerprint density at radius 2 is 1.00 bits per heavy atom. The van der Waals surface area contributed by atoms with Crippen LogP contribution in [0.4, 0.5) is 0 Å². The Morgan fingerprint density at radius 1 is 1.00 bits per heavy atom. The molecule has 0 aromatic heterocycles. The molecule has 0 aromatic rings. The summed E-state index contributed by atoms with van der Waals surface area (Å²) in [6.07, 6.45) is 0. The van der Waals surface area contributed by atoms with Gasteiger partial charge in [0.25, 0.3) is 0 Å². The van der Waals surface area contributed by atoms with Crippen molar-refractivity contribution in [2.45, 2.75) is 7.43 Å². The maximum atomic E-state index is 0. The average Bonchev–Trinajstić information content (AvgIpc) is 0. The molecule has 0 unspecified atom stereocenters. The second kappa shape index (κ2) is 41.5. The summed E-state index contributed by atoms with van der Waals surface area (Å²) in [7, 11) is 0. The van der Waals surface area contributed by atoms with Crippen molar-refractivity contribution >= 4 is 28.3 Å². The second-order valence-corrected chi connectivity index (χ2v) is 0. The summed E-state index contributed by atoms with van der Waals surface area (Å²) in [5.41, 5.74) is 0. The van der Waals surface area contributed by atoms with Gasteiger partial charge >= 0.3 is 0 Å². The molecule has 0 aliphatic rings. The van der Waals surface area contributed by atoms with Crippen molar-refractivity contribution < 1.29 is 34.1 Å². The van der Waals surface area contributed by atoms with Crippen LogP contribution in [0, 0.1) is 0 Å². The van der Waals surface area contributed by atoms with Crippen LogP contribution in [0.3, 0.4) is 0 Å². The molecule has 4 heteroatoms. The van der Waals surface area contributed by atoms with Crippen LogP contribution in [0.25, 0.3) is 0 Å². The first-order valence-corrected chi connectivity index (χ1v) is 0. The van der Waals surface area contributed by atoms with Gasteiger partial charge in [-0.05, 0) is 11.0 Å². The molecular weight excluding hydrogens is 178 g/mol. The van der Waals surface area contributed by atoms with E-state index < -0.39 is 0 Å². The van der Waals surface area contributed by atoms with E-state index in [-0.39, 0.29) is 69.9 Å². The first kappa shape index (κ1) is 71.1. The molecule has 0 fully saturated rings. The first-order chi connectivity index (χ1) is 0. The second-order valence-electron chi connectivity index (χ2n) is 0. The van der Waals surface area contributed by atoms with Gasteiger partial charge in [0, 0.05) is 34.1 Å². The van der Waals surface area contributed by atoms with E-state index in [0.717, 1.165) is 0 Å². The number of hydrogen-bond donors (Lipinski definition) is 0. The maximum Gasteiger partial charge on any atom is 0.187 e. The van der Waals surface area contributed by atoms with Gasteiger partial charge in [0.05, 0.1) is 0 Å². The standard InChI is InChI=1S/CH4.Al.Fe.Mn.H4Si.3H/h1H4;;;;1H4;;;. The third kappa shape index (κ3) is 26.0. The van der Waals surface area contributed by atoms with E-state index in [1.807, 2.05) is 0 Å². The van der Waals surface area contributed by atoms with E-state index in [1.165, 1.54) is 0 Å². The smallest absolute Gasteiger partial charge is 0.0776 e. The predicted octanol–water partition coefficient (Wildman–Crippen LogP) is -2.00. The third-order valence-electron chi connectivity index (χ3n) is 0. The minimum absolute atomic E-state index is 0. The SMILES string of the molecule is C.[AlH3].[Fe].[Mn].[SiH4]. The maximum absolute atomic E-state index is 0. The largest absolute Gasteiger partial charge is 0.187 e. The predicted molar refractivity (Wildman–Crippen MR) is 28.0 cm³/mol. The van der Waals surface area contributed by atoms with Gasteiger partial charge in [0.1, 0.15) is 0 Å². The molecule has 0 saturated carbocycles. The summed E-state index contributed by atoms with van der Waals surface area (Å²) in [6.45, 7) is 0. The Labute approximate surface area is 69.6 Å². The Morgan fingerprint density at radius 3 is 1.00 bits per heavy atom. The van der Waals surface area contributed by atoms with E-state index in [2.05, 4.69) is 0 Å². The molecule has 1 radical (unpaired) electrons. The molecule has 0 aromatic carbocycles. The van der Waals surface area contributed by atoms with Gasteiger partial charge in [-0.3, -0.25) is 0 Å². The molecule has 0 atom stereocenters. The minimum atomic E-state index is 0. The van der Waals surface area contributed by atoms with Crippen molar-refractivity contribution in [3.8, 4) is 0 Å². The van der Waals surface area contributed by atoms with Gasteiger partial charge in [0.2, 0.25) is 0 Å². The molecule has 0 aliphatic heterocycles. The summed E-state index contributed by atoms with van der Waals surface area (Å²) >= 11 is 0. The molecule has 37 valence electrons. The van der Waals surface area contributed by atoms with Crippen LogP contribution in [-0.2, 0) is 34.1 Å². The fourth-order valence-electron chi connectivity index (χ4n) is 0. The van der Waals surface area contributed by atoms with Gasteiger partial charge in [-0.25, -0.2) is 0 Å². The molecule has 0 saturated heterocycles. The van der Waals surface area contributed by atoms with Crippen LogP contribution in [0.5, 0.6) is 0 Å². The quantitative estimate of drug-likeness (QED) is 0.386. The van der Waals surface area contributed by atoms with E-state index >= 15 is 0 Å². The Balaban J connectivity index is 0. The first-order valence-electron chi connectivity index (χ1n) is 0. The summed E-state index contributed by atoms with van der Waals surface area (Å²) < 4.78 is 0. The third-order valence-corrected chi connectivity index (χ3v) is 0. The van der Waals surface area contributed by atoms with Gasteiger partial charge in [0.15, 0.2) is 17.4 Å². The summed E-state index contributed by atoms with van der Waals surface area (Å²) in [5, 5.41) is 0. The fourth-order valence-corrected chi connectivity index (χ4v) is 0. The van der Waals surface area contributed by atoms with Gasteiger partial charge in [-0.15, -0.1) is 0 Å². The van der Waals surface area contributed by atoms with Gasteiger partial charge in [-0.2, -0.15) is 0 Å². The van der Waals surface area contributed by atoms with E-state index in [4.69, 9.17) is 0 Å². The van der Waals surface area contributed by atoms with Crippen LogP contribution in [0.1, 0.15) is 7.43 Å². The van der Waals surface area contributed by atoms with Crippen molar-refractivity contribution in [1.29, 1.82) is 0 Å². The van der Waals surface area contributed by atoms with Crippen molar-refractivity contribution in [2.24, 2.45) is 0 Å². The fraction of sp³-hybridized carbons (Fsp3) is 1.00. The topological polar surface area (TPSA) is 0 Å². The van der Waals surface area contributed by atoms with Crippen LogP contribution < -0.4 is 0 Å². The minimum Gasteiger partial charge on any atom is -0.0776 e. The van der Waals surface area contributed by atoms with E-state index in [1.54, 1.807) is 0 Å². The van der Waals surface area contributed by atoms with Crippen LogP contribution in [0.15, 0.2) is 0 Å². The molecule has 0 bridgehead atoms. The Hall–Kier alpha value is 1.79. The zero-order chi connectivity index (χ0) is 0. The molecule has 0 amide bonds. The van der Waals surface area contributed by atoms with E-state index in [9.17, 15) is 0 Å². The van der Waals surface area contributed by atoms with Gasteiger partial charge in [-0.1, -0.05) is 7.43 Å². The van der Waals surface area contributed by atoms with Crippen LogP contribution in [-0.4, -0.2) is 28.3 Å². The summed E-state index contributed by atoms with van der Waals surface area (Å²) in [5.74, 6) is 0. The van der Waals surface area contributed by atoms with E-state index in [0.29, 0.717) is 0 Å². The average molecular weight is 189 g/mol. The Bertz CT molecular complexity index is 11.6. The molecule has 0 spiro atoms. The van der Waals surface area contributed by atoms with Crippen LogP contribution >= 0.6 is 0 Å². The van der Waals surface area contributed by atoms with Crippen molar-refractivity contribution in [3.63, 3.8) is 0 Å². The monoisotopic (exact) mass is 189 g/mol. The number of rotatable bonds is 0. The summed E-state index contributed by atoms with van der Waals surface area (Å²) in [4.78, 5) is 0. The van der Waals surface area contributed by atoms with Crippen molar-refractivity contribution in [3.05, 3.63) is 0 Å². The van der Waals surface area contributed by atoms with Crippen molar-refractivity contribution in [1.82, 2.24) is 0 Å². The Kier molecular flexibility index (Phi) is 590. The molecule has 0 nitrogen and oxygen atoms in total.